The second-order valence-electron chi connectivity index (χ2n) is 13.5. The van der Waals surface area contributed by atoms with E-state index in [-0.39, 0.29) is 46.9 Å². The Morgan fingerprint density at radius 1 is 0.619 bits per heavy atom. The topological polar surface area (TPSA) is 71.4 Å². The first-order chi connectivity index (χ1) is 18.9. The molecule has 246 valence electrons. The molecular weight excluding hydrogens is 601 g/mol. The quantitative estimate of drug-likeness (QED) is 0.196. The van der Waals surface area contributed by atoms with E-state index in [4.69, 9.17) is 14.7 Å². The van der Waals surface area contributed by atoms with Gasteiger partial charge in [-0.25, -0.2) is 0 Å². The third-order valence-corrected chi connectivity index (χ3v) is 11.9. The average Bonchev–Trinajstić information content (AvgIpc) is 2.95. The van der Waals surface area contributed by atoms with Crippen LogP contribution in [0.3, 0.4) is 0 Å². The molecule has 4 saturated carbocycles. The second kappa shape index (κ2) is 26.3. The summed E-state index contributed by atoms with van der Waals surface area (Å²) in [6, 6.07) is 0. The maximum Gasteiger partial charge on any atom is 2.00 e. The van der Waals surface area contributed by atoms with Crippen molar-refractivity contribution < 1.29 is 22.3 Å². The molecule has 0 amide bonds. The molecule has 0 spiro atoms. The molecule has 4 aliphatic carbocycles. The summed E-state index contributed by atoms with van der Waals surface area (Å²) in [5.74, 6) is 6.98. The molecule has 6 heteroatoms. The summed E-state index contributed by atoms with van der Waals surface area (Å²) in [5, 5.41) is 10.1. The molecule has 42 heavy (non-hydrogen) atoms. The molecule has 0 radical (unpaired) electrons. The summed E-state index contributed by atoms with van der Waals surface area (Å²) in [5.41, 5.74) is 0. The maximum atomic E-state index is 10.7. The van der Waals surface area contributed by atoms with Crippen molar-refractivity contribution in [1.82, 2.24) is 0 Å². The minimum absolute atomic E-state index is 0. The van der Waals surface area contributed by atoms with Crippen molar-refractivity contribution in [3.05, 3.63) is 0 Å². The molecule has 1 N–H and O–H groups in total. The van der Waals surface area contributed by atoms with Crippen LogP contribution in [-0.4, -0.2) is 45.6 Å². The smallest absolute Gasteiger partial charge is 1.00 e. The zero-order chi connectivity index (χ0) is 28.5. The van der Waals surface area contributed by atoms with Crippen molar-refractivity contribution in [2.75, 3.05) is 5.33 Å². The number of carboxylic acid groups (broad SMARTS) is 1. The fraction of sp³-hybridized carbons (Fsp3) is 0.944. The summed E-state index contributed by atoms with van der Waals surface area (Å²) >= 11 is 3.65. The van der Waals surface area contributed by atoms with Gasteiger partial charge in [-0.15, -0.1) is 0 Å². The molecule has 4 fully saturated rings. The molecule has 0 aromatic rings. The number of aliphatic carboxylic acids is 1. The van der Waals surface area contributed by atoms with E-state index in [1.807, 2.05) is 0 Å². The Morgan fingerprint density at radius 2 is 0.881 bits per heavy atom. The van der Waals surface area contributed by atoms with Crippen molar-refractivity contribution in [1.29, 1.82) is 0 Å². The van der Waals surface area contributed by atoms with Gasteiger partial charge in [-0.05, 0) is 124 Å². The monoisotopic (exact) mass is 668 g/mol. The molecular formula is C36H69BrMgO4. The minimum atomic E-state index is -0.608. The first kappa shape index (κ1) is 44.2. The normalized spacial score (nSPS) is 32.4. The van der Waals surface area contributed by atoms with Gasteiger partial charge < -0.3 is 7.96 Å². The van der Waals surface area contributed by atoms with Gasteiger partial charge in [0.1, 0.15) is 0 Å². The molecule has 0 heterocycles. The third-order valence-electron chi connectivity index (χ3n) is 11.0. The van der Waals surface area contributed by atoms with Gasteiger partial charge >= 0.3 is 35.2 Å². The van der Waals surface area contributed by atoms with Crippen molar-refractivity contribution in [3.63, 3.8) is 0 Å². The van der Waals surface area contributed by atoms with Crippen LogP contribution in [0.25, 0.3) is 0 Å². The molecule has 0 atom stereocenters. The predicted molar refractivity (Wildman–Crippen MR) is 184 cm³/mol. The zero-order valence-corrected chi connectivity index (χ0v) is 28.9. The Hall–Kier alpha value is 0.0962. The van der Waals surface area contributed by atoms with Gasteiger partial charge in [0.05, 0.1) is 0 Å². The van der Waals surface area contributed by atoms with Crippen LogP contribution in [0.4, 0.5) is 0 Å². The Bertz CT molecular complexity index is 678. The van der Waals surface area contributed by atoms with Gasteiger partial charge in [-0.3, -0.25) is 4.79 Å². The Labute approximate surface area is 288 Å². The number of carbonyl (C=O) groups excluding carboxylic acids is 2. The summed E-state index contributed by atoms with van der Waals surface area (Å²) in [6.45, 7) is 4.64. The standard InChI is InChI=1S/C17H30O2.C16H29Br.CO2.2CH4.Mg.2H/c1-2-3-13-4-8-15(9-5-13)16-10-6-14(7-11-16)12-17(18)19;1-2-3-13-4-8-15(9-5-13)16-10-6-14(12-17)7-11-16;2-1-3;;;;;/h13-16H,2-12H2,1H3,(H,18,19);13-16H,2-12H2,1H3;;2*1H4;;;/q;;;;;+2;2*-1. The third kappa shape index (κ3) is 17.0. The zero-order valence-electron chi connectivity index (χ0n) is 27.9. The van der Waals surface area contributed by atoms with Crippen molar-refractivity contribution in [3.8, 4) is 0 Å². The van der Waals surface area contributed by atoms with E-state index in [9.17, 15) is 4.79 Å². The molecule has 0 saturated heterocycles. The van der Waals surface area contributed by atoms with Gasteiger partial charge in [-0.2, -0.15) is 9.59 Å². The van der Waals surface area contributed by atoms with E-state index < -0.39 is 5.97 Å². The molecule has 0 aromatic heterocycles. The van der Waals surface area contributed by atoms with Crippen molar-refractivity contribution in [2.45, 2.75) is 164 Å². The number of halogens is 1. The molecule has 4 rings (SSSR count). The summed E-state index contributed by atoms with van der Waals surface area (Å²) in [4.78, 5) is 27.0. The maximum absolute atomic E-state index is 10.7. The van der Waals surface area contributed by atoms with Crippen LogP contribution in [0.5, 0.6) is 0 Å². The number of alkyl halides is 1. The van der Waals surface area contributed by atoms with Crippen molar-refractivity contribution in [2.24, 2.45) is 47.3 Å². The van der Waals surface area contributed by atoms with Gasteiger partial charge in [0.2, 0.25) is 0 Å². The van der Waals surface area contributed by atoms with Crippen LogP contribution >= 0.6 is 15.9 Å². The summed E-state index contributed by atoms with van der Waals surface area (Å²) < 4.78 is 0. The minimum Gasteiger partial charge on any atom is -1.00 e. The van der Waals surface area contributed by atoms with E-state index in [0.717, 1.165) is 54.3 Å². The van der Waals surface area contributed by atoms with E-state index in [1.54, 1.807) is 12.8 Å². The van der Waals surface area contributed by atoms with E-state index >= 15 is 0 Å². The number of rotatable bonds is 9. The molecule has 4 aliphatic rings. The molecule has 4 nitrogen and oxygen atoms in total. The number of carboxylic acids is 1. The van der Waals surface area contributed by atoms with E-state index in [2.05, 4.69) is 29.8 Å². The van der Waals surface area contributed by atoms with Gasteiger partial charge in [-0.1, -0.05) is 96.0 Å². The first-order valence-electron chi connectivity index (χ1n) is 16.7. The molecule has 0 bridgehead atoms. The molecule has 0 unspecified atom stereocenters. The van der Waals surface area contributed by atoms with Gasteiger partial charge in [0.15, 0.2) is 0 Å². The largest absolute Gasteiger partial charge is 2.00 e. The Balaban J connectivity index is -0.000000303. The van der Waals surface area contributed by atoms with Crippen LogP contribution in [-0.2, 0) is 14.4 Å². The number of hydrogen-bond donors (Lipinski definition) is 1. The second-order valence-corrected chi connectivity index (χ2v) is 14.2. The summed E-state index contributed by atoms with van der Waals surface area (Å²) in [6.07, 6.45) is 29.2. The SMILES string of the molecule is C.C.CCCC1CCC(C2CCC(CBr)CC2)CC1.CCCC1CCC(C2CCC(CC(=O)O)CC2)CC1.O=C=O.[H-].[H-].[Mg+2]. The number of hydrogen-bond acceptors (Lipinski definition) is 3. The van der Waals surface area contributed by atoms with E-state index in [0.29, 0.717) is 12.3 Å². The van der Waals surface area contributed by atoms with Crippen LogP contribution in [0.15, 0.2) is 0 Å². The van der Waals surface area contributed by atoms with Gasteiger partial charge in [0, 0.05) is 11.8 Å². The van der Waals surface area contributed by atoms with Gasteiger partial charge in [0.25, 0.3) is 0 Å². The Kier molecular flexibility index (Phi) is 27.7. The molecule has 0 aromatic carbocycles. The average molecular weight is 670 g/mol. The number of carbonyl (C=O) groups is 1. The summed E-state index contributed by atoms with van der Waals surface area (Å²) in [7, 11) is 0. The van der Waals surface area contributed by atoms with E-state index in [1.165, 1.54) is 108 Å². The fourth-order valence-corrected chi connectivity index (χ4v) is 9.29. The molecule has 0 aliphatic heterocycles. The first-order valence-corrected chi connectivity index (χ1v) is 17.8. The van der Waals surface area contributed by atoms with Crippen LogP contribution in [0.2, 0.25) is 0 Å². The fourth-order valence-electron chi connectivity index (χ4n) is 8.64. The predicted octanol–water partition coefficient (Wildman–Crippen LogP) is 11.2. The van der Waals surface area contributed by atoms with Crippen LogP contribution in [0.1, 0.15) is 166 Å². The Morgan fingerprint density at radius 3 is 1.12 bits per heavy atom. The van der Waals surface area contributed by atoms with Crippen molar-refractivity contribution >= 4 is 51.1 Å². The van der Waals surface area contributed by atoms with Crippen LogP contribution < -0.4 is 0 Å². The van der Waals surface area contributed by atoms with Crippen LogP contribution in [0, 0.1) is 47.3 Å².